The molecule has 0 saturated carbocycles. The zero-order valence-corrected chi connectivity index (χ0v) is 16.9. The van der Waals surface area contributed by atoms with Gasteiger partial charge in [-0.15, -0.1) is 12.4 Å². The van der Waals surface area contributed by atoms with E-state index in [0.29, 0.717) is 35.6 Å². The number of pyridine rings is 1. The number of ether oxygens (including phenoxy) is 1. The number of rotatable bonds is 8. The van der Waals surface area contributed by atoms with Crippen molar-refractivity contribution in [1.29, 1.82) is 0 Å². The van der Waals surface area contributed by atoms with Gasteiger partial charge in [0.05, 0.1) is 17.3 Å². The fourth-order valence-corrected chi connectivity index (χ4v) is 3.20. The van der Waals surface area contributed by atoms with Gasteiger partial charge in [0.1, 0.15) is 18.0 Å². The highest BCUT2D eigenvalue weighted by molar-refractivity contribution is 6.13. The van der Waals surface area contributed by atoms with Crippen LogP contribution in [0.3, 0.4) is 0 Å². The lowest BCUT2D eigenvalue weighted by atomic mass is 10.0. The summed E-state index contributed by atoms with van der Waals surface area (Å²) in [6.07, 6.45) is 8.95. The number of carbonyl (C=O) groups is 2. The lowest BCUT2D eigenvalue weighted by Crippen LogP contribution is -2.22. The zero-order valence-electron chi connectivity index (χ0n) is 16.0. The monoisotopic (exact) mass is 406 g/mol. The van der Waals surface area contributed by atoms with Crippen LogP contribution in [0.2, 0.25) is 0 Å². The van der Waals surface area contributed by atoms with Gasteiger partial charge in [-0.05, 0) is 32.2 Å². The number of nitrogens with zero attached hydrogens (tertiary/aromatic N) is 1. The molecule has 2 heterocycles. The van der Waals surface area contributed by atoms with Gasteiger partial charge >= 0.3 is 0 Å². The molecular weight excluding hydrogens is 380 g/mol. The summed E-state index contributed by atoms with van der Waals surface area (Å²) in [6.45, 7) is 4.26. The van der Waals surface area contributed by atoms with Crippen molar-refractivity contribution in [3.8, 4) is 5.75 Å². The van der Waals surface area contributed by atoms with E-state index in [4.69, 9.17) is 4.74 Å². The van der Waals surface area contributed by atoms with Crippen LogP contribution in [0.25, 0.3) is 0 Å². The number of hydrogen-bond acceptors (Lipinski definition) is 5. The minimum atomic E-state index is -0.329. The van der Waals surface area contributed by atoms with Gasteiger partial charge in [-0.1, -0.05) is 6.92 Å². The number of aryl methyl sites for hydroxylation is 1. The molecule has 7 nitrogen and oxygen atoms in total. The van der Waals surface area contributed by atoms with Gasteiger partial charge < -0.3 is 20.4 Å². The molecule has 0 radical (unpaired) electrons. The highest BCUT2D eigenvalue weighted by atomic mass is 35.5. The van der Waals surface area contributed by atoms with E-state index in [-0.39, 0.29) is 24.1 Å². The third-order valence-electron chi connectivity index (χ3n) is 4.56. The predicted octanol–water partition coefficient (Wildman–Crippen LogP) is 3.37. The Morgan fingerprint density at radius 1 is 1.29 bits per heavy atom. The number of anilines is 1. The first-order chi connectivity index (χ1) is 13.2. The van der Waals surface area contributed by atoms with Crippen molar-refractivity contribution in [3.05, 3.63) is 41.5 Å². The number of fused-ring (bicyclic) bond motifs is 1. The van der Waals surface area contributed by atoms with Gasteiger partial charge in [0.25, 0.3) is 5.91 Å². The summed E-state index contributed by atoms with van der Waals surface area (Å²) >= 11 is 0. The van der Waals surface area contributed by atoms with Crippen molar-refractivity contribution >= 4 is 29.8 Å². The van der Waals surface area contributed by atoms with E-state index in [2.05, 4.69) is 27.5 Å². The van der Waals surface area contributed by atoms with Crippen LogP contribution in [-0.2, 0) is 6.42 Å². The van der Waals surface area contributed by atoms with Crippen LogP contribution in [0.1, 0.15) is 59.0 Å². The van der Waals surface area contributed by atoms with E-state index in [1.54, 1.807) is 24.7 Å². The van der Waals surface area contributed by atoms with E-state index < -0.39 is 0 Å². The van der Waals surface area contributed by atoms with Gasteiger partial charge in [-0.3, -0.25) is 14.6 Å². The maximum Gasteiger partial charge on any atom is 0.258 e. The Balaban J connectivity index is 0.00000280. The van der Waals surface area contributed by atoms with Gasteiger partial charge in [0.15, 0.2) is 5.78 Å². The summed E-state index contributed by atoms with van der Waals surface area (Å²) in [5.74, 6) is 0.257. The Morgan fingerprint density at radius 3 is 2.93 bits per heavy atom. The van der Waals surface area contributed by atoms with Crippen LogP contribution in [-0.4, -0.2) is 41.4 Å². The first kappa shape index (κ1) is 21.9. The molecule has 1 amide bonds. The lowest BCUT2D eigenvalue weighted by Gasteiger charge is -2.12. The van der Waals surface area contributed by atoms with Gasteiger partial charge in [0, 0.05) is 37.1 Å². The summed E-state index contributed by atoms with van der Waals surface area (Å²) in [7, 11) is 0. The third kappa shape index (κ3) is 5.33. The number of aromatic nitrogens is 2. The normalized spacial score (nSPS) is 13.2. The number of nitrogens with one attached hydrogen (secondary N) is 3. The Labute approximate surface area is 171 Å². The van der Waals surface area contributed by atoms with E-state index >= 15 is 0 Å². The maximum absolute atomic E-state index is 12.8. The fourth-order valence-electron chi connectivity index (χ4n) is 3.20. The molecule has 152 valence electrons. The Kier molecular flexibility index (Phi) is 8.47. The molecule has 0 saturated heterocycles. The molecule has 1 aliphatic carbocycles. The second-order valence-electron chi connectivity index (χ2n) is 6.61. The molecule has 0 aliphatic heterocycles. The van der Waals surface area contributed by atoms with Crippen LogP contribution in [0, 0.1) is 0 Å². The van der Waals surface area contributed by atoms with Crippen LogP contribution in [0.15, 0.2) is 24.7 Å². The number of ketones is 1. The second-order valence-corrected chi connectivity index (χ2v) is 6.61. The largest absolute Gasteiger partial charge is 0.490 e. The van der Waals surface area contributed by atoms with E-state index in [9.17, 15) is 9.59 Å². The van der Waals surface area contributed by atoms with Crippen LogP contribution < -0.4 is 15.4 Å². The summed E-state index contributed by atoms with van der Waals surface area (Å²) in [5, 5.41) is 6.10. The highest BCUT2D eigenvalue weighted by Crippen LogP contribution is 2.26. The van der Waals surface area contributed by atoms with E-state index in [1.165, 1.54) is 0 Å². The van der Waals surface area contributed by atoms with Crippen LogP contribution in [0.5, 0.6) is 5.75 Å². The minimum Gasteiger partial charge on any atom is -0.490 e. The molecule has 3 N–H and O–H groups in total. The van der Waals surface area contributed by atoms with E-state index in [0.717, 1.165) is 44.5 Å². The van der Waals surface area contributed by atoms with Gasteiger partial charge in [0.2, 0.25) is 0 Å². The van der Waals surface area contributed by atoms with Crippen molar-refractivity contribution < 1.29 is 14.3 Å². The SMILES string of the molecule is CCCNCCOc1ccncc1NC(=O)c1c[nH]c2c1C(=O)CCCC2.Cl. The Hall–Kier alpha value is -2.38. The van der Waals surface area contributed by atoms with Crippen LogP contribution in [0.4, 0.5) is 5.69 Å². The molecule has 0 atom stereocenters. The van der Waals surface area contributed by atoms with Crippen molar-refractivity contribution in [1.82, 2.24) is 15.3 Å². The standard InChI is InChI=1S/C20H26N4O3.ClH/c1-2-8-21-10-11-27-18-7-9-22-13-16(18)24-20(26)14-12-23-15-5-3-4-6-17(25)19(14)15;/h7,9,12-13,21,23H,2-6,8,10-11H2,1H3,(H,24,26);1H. The summed E-state index contributed by atoms with van der Waals surface area (Å²) in [6, 6.07) is 1.72. The van der Waals surface area contributed by atoms with Crippen LogP contribution >= 0.6 is 12.4 Å². The molecule has 0 unspecified atom stereocenters. The van der Waals surface area contributed by atoms with Crippen molar-refractivity contribution in [2.24, 2.45) is 0 Å². The quantitative estimate of drug-likeness (QED) is 0.461. The number of aromatic amines is 1. The number of amides is 1. The molecule has 0 spiro atoms. The van der Waals surface area contributed by atoms with E-state index in [1.807, 2.05) is 0 Å². The van der Waals surface area contributed by atoms with Crippen molar-refractivity contribution in [2.75, 3.05) is 25.0 Å². The second kappa shape index (κ2) is 10.8. The fraction of sp³-hybridized carbons (Fsp3) is 0.450. The molecule has 8 heteroatoms. The number of Topliss-reactive ketones (excluding diaryl/α,β-unsaturated/α-hetero) is 1. The molecule has 2 aromatic heterocycles. The molecule has 0 aromatic carbocycles. The number of halogens is 1. The zero-order chi connectivity index (χ0) is 19.1. The number of carbonyl (C=O) groups excluding carboxylic acids is 2. The first-order valence-corrected chi connectivity index (χ1v) is 9.53. The number of H-pyrrole nitrogens is 1. The lowest BCUT2D eigenvalue weighted by molar-refractivity contribution is 0.0965. The van der Waals surface area contributed by atoms with Crippen molar-refractivity contribution in [3.63, 3.8) is 0 Å². The minimum absolute atomic E-state index is 0. The molecule has 0 fully saturated rings. The number of hydrogen-bond donors (Lipinski definition) is 3. The summed E-state index contributed by atoms with van der Waals surface area (Å²) in [5.41, 5.74) is 2.26. The maximum atomic E-state index is 12.8. The third-order valence-corrected chi connectivity index (χ3v) is 4.56. The molecular formula is C20H27ClN4O3. The Bertz CT molecular complexity index is 806. The van der Waals surface area contributed by atoms with Gasteiger partial charge in [-0.25, -0.2) is 0 Å². The molecule has 0 bridgehead atoms. The molecule has 28 heavy (non-hydrogen) atoms. The van der Waals surface area contributed by atoms with Crippen molar-refractivity contribution in [2.45, 2.75) is 39.0 Å². The highest BCUT2D eigenvalue weighted by Gasteiger charge is 2.25. The average Bonchev–Trinajstić information content (AvgIpc) is 3.02. The molecule has 2 aromatic rings. The summed E-state index contributed by atoms with van der Waals surface area (Å²) < 4.78 is 5.76. The molecule has 3 rings (SSSR count). The first-order valence-electron chi connectivity index (χ1n) is 9.53. The van der Waals surface area contributed by atoms with Gasteiger partial charge in [-0.2, -0.15) is 0 Å². The molecule has 1 aliphatic rings. The topological polar surface area (TPSA) is 96.1 Å². The smallest absolute Gasteiger partial charge is 0.258 e. The average molecular weight is 407 g/mol. The summed E-state index contributed by atoms with van der Waals surface area (Å²) in [4.78, 5) is 32.4. The predicted molar refractivity (Wildman–Crippen MR) is 111 cm³/mol. The Morgan fingerprint density at radius 2 is 2.11 bits per heavy atom.